The maximum absolute atomic E-state index is 12.4. The van der Waals surface area contributed by atoms with Gasteiger partial charge in [-0.3, -0.25) is 4.72 Å². The van der Waals surface area contributed by atoms with E-state index in [1.165, 1.54) is 6.20 Å². The fraction of sp³-hybridized carbons (Fsp3) is 0.312. The highest BCUT2D eigenvalue weighted by atomic mass is 35.5. The molecule has 1 aromatic carbocycles. The lowest BCUT2D eigenvalue weighted by molar-refractivity contribution is 0.506. The molecule has 2 rings (SSSR count). The van der Waals surface area contributed by atoms with Crippen LogP contribution in [-0.2, 0) is 15.4 Å². The van der Waals surface area contributed by atoms with Crippen LogP contribution in [0, 0.1) is 0 Å². The molecule has 1 N–H and O–H groups in total. The number of rotatable bonds is 5. The first-order valence-electron chi connectivity index (χ1n) is 7.00. The van der Waals surface area contributed by atoms with Crippen LogP contribution in [0.25, 0.3) is 0 Å². The van der Waals surface area contributed by atoms with Crippen LogP contribution in [0.15, 0.2) is 47.5 Å². The third-order valence-corrected chi connectivity index (χ3v) is 5.52. The van der Waals surface area contributed by atoms with Gasteiger partial charge >= 0.3 is 0 Å². The van der Waals surface area contributed by atoms with E-state index in [1.54, 1.807) is 24.3 Å². The van der Waals surface area contributed by atoms with Crippen molar-refractivity contribution in [1.29, 1.82) is 0 Å². The molecule has 0 saturated heterocycles. The van der Waals surface area contributed by atoms with E-state index < -0.39 is 10.0 Å². The third kappa shape index (κ3) is 3.59. The van der Waals surface area contributed by atoms with Crippen LogP contribution >= 0.6 is 11.6 Å². The predicted octanol–water partition coefficient (Wildman–Crippen LogP) is 4.22. The average molecular weight is 339 g/mol. The summed E-state index contributed by atoms with van der Waals surface area (Å²) in [5.74, 6) is 0. The van der Waals surface area contributed by atoms with Crippen molar-refractivity contribution in [1.82, 2.24) is 4.98 Å². The number of benzene rings is 1. The molecule has 0 radical (unpaired) electrons. The molecule has 0 spiro atoms. The summed E-state index contributed by atoms with van der Waals surface area (Å²) < 4.78 is 27.2. The maximum atomic E-state index is 12.4. The van der Waals surface area contributed by atoms with E-state index in [9.17, 15) is 8.42 Å². The van der Waals surface area contributed by atoms with Gasteiger partial charge in [0.05, 0.1) is 10.6 Å². The molecular formula is C16H19ClN2O2S. The first kappa shape index (κ1) is 16.8. The molecule has 118 valence electrons. The summed E-state index contributed by atoms with van der Waals surface area (Å²) >= 11 is 5.88. The fourth-order valence-corrected chi connectivity index (χ4v) is 3.24. The van der Waals surface area contributed by atoms with Crippen LogP contribution in [0.2, 0.25) is 5.15 Å². The fourth-order valence-electron chi connectivity index (χ4n) is 1.96. The van der Waals surface area contributed by atoms with Gasteiger partial charge in [-0.25, -0.2) is 13.4 Å². The van der Waals surface area contributed by atoms with Crippen molar-refractivity contribution in [2.75, 3.05) is 4.72 Å². The standard InChI is InChI=1S/C16H19ClN2O2S/c1-4-16(2,3)12-7-9-13(10-8-12)22(20,21)19-14-6-5-11-18-15(14)17/h5-11,19H,4H2,1-3H3. The SMILES string of the molecule is CCC(C)(C)c1ccc(S(=O)(=O)Nc2cccnc2Cl)cc1. The van der Waals surface area contributed by atoms with Gasteiger partial charge in [-0.15, -0.1) is 0 Å². The van der Waals surface area contributed by atoms with Gasteiger partial charge in [-0.1, -0.05) is 44.5 Å². The van der Waals surface area contributed by atoms with E-state index in [-0.39, 0.29) is 21.2 Å². The van der Waals surface area contributed by atoms with Crippen molar-refractivity contribution >= 4 is 27.3 Å². The van der Waals surface area contributed by atoms with E-state index in [0.29, 0.717) is 0 Å². The van der Waals surface area contributed by atoms with Crippen molar-refractivity contribution in [3.8, 4) is 0 Å². The monoisotopic (exact) mass is 338 g/mol. The Labute approximate surface area is 136 Å². The molecule has 0 saturated carbocycles. The number of hydrogen-bond donors (Lipinski definition) is 1. The number of nitrogens with one attached hydrogen (secondary N) is 1. The number of sulfonamides is 1. The zero-order valence-corrected chi connectivity index (χ0v) is 14.4. The van der Waals surface area contributed by atoms with Crippen LogP contribution in [0.5, 0.6) is 0 Å². The van der Waals surface area contributed by atoms with Gasteiger partial charge in [-0.2, -0.15) is 0 Å². The van der Waals surface area contributed by atoms with Crippen LogP contribution in [0.3, 0.4) is 0 Å². The Hall–Kier alpha value is -1.59. The minimum absolute atomic E-state index is 0.0162. The summed E-state index contributed by atoms with van der Waals surface area (Å²) in [5.41, 5.74) is 1.39. The Morgan fingerprint density at radius 2 is 1.82 bits per heavy atom. The molecule has 0 atom stereocenters. The number of halogens is 1. The maximum Gasteiger partial charge on any atom is 0.261 e. The van der Waals surface area contributed by atoms with Crippen LogP contribution in [-0.4, -0.2) is 13.4 Å². The van der Waals surface area contributed by atoms with Crippen LogP contribution < -0.4 is 4.72 Å². The lowest BCUT2D eigenvalue weighted by Gasteiger charge is -2.23. The van der Waals surface area contributed by atoms with Crippen LogP contribution in [0.4, 0.5) is 5.69 Å². The molecule has 0 aliphatic carbocycles. The number of hydrogen-bond acceptors (Lipinski definition) is 3. The highest BCUT2D eigenvalue weighted by Crippen LogP contribution is 2.28. The van der Waals surface area contributed by atoms with Gasteiger partial charge < -0.3 is 0 Å². The zero-order valence-electron chi connectivity index (χ0n) is 12.8. The largest absolute Gasteiger partial charge is 0.276 e. The van der Waals surface area contributed by atoms with Crippen molar-refractivity contribution in [2.24, 2.45) is 0 Å². The highest BCUT2D eigenvalue weighted by molar-refractivity contribution is 7.92. The Kier molecular flexibility index (Phi) is 4.78. The average Bonchev–Trinajstić information content (AvgIpc) is 2.49. The Balaban J connectivity index is 2.29. The number of anilines is 1. The molecule has 0 unspecified atom stereocenters. The van der Waals surface area contributed by atoms with Gasteiger partial charge in [0.1, 0.15) is 0 Å². The number of pyridine rings is 1. The molecular weight excluding hydrogens is 320 g/mol. The molecule has 0 fully saturated rings. The van der Waals surface area contributed by atoms with Crippen LogP contribution in [0.1, 0.15) is 32.8 Å². The minimum Gasteiger partial charge on any atom is -0.276 e. The molecule has 0 aliphatic rings. The zero-order chi connectivity index (χ0) is 16.4. The molecule has 0 aliphatic heterocycles. The molecule has 0 bridgehead atoms. The first-order chi connectivity index (χ1) is 10.3. The summed E-state index contributed by atoms with van der Waals surface area (Å²) in [7, 11) is -3.68. The van der Waals surface area contributed by atoms with Gasteiger partial charge in [-0.05, 0) is 41.7 Å². The second-order valence-electron chi connectivity index (χ2n) is 5.71. The van der Waals surface area contributed by atoms with E-state index in [1.807, 2.05) is 12.1 Å². The summed E-state index contributed by atoms with van der Waals surface area (Å²) in [5, 5.41) is 0.120. The molecule has 0 amide bonds. The lowest BCUT2D eigenvalue weighted by Crippen LogP contribution is -2.17. The van der Waals surface area contributed by atoms with Gasteiger partial charge in [0.15, 0.2) is 5.15 Å². The smallest absolute Gasteiger partial charge is 0.261 e. The highest BCUT2D eigenvalue weighted by Gasteiger charge is 2.20. The number of aromatic nitrogens is 1. The van der Waals surface area contributed by atoms with E-state index >= 15 is 0 Å². The number of nitrogens with zero attached hydrogens (tertiary/aromatic N) is 1. The van der Waals surface area contributed by atoms with Gasteiger partial charge in [0.2, 0.25) is 0 Å². The molecule has 1 aromatic heterocycles. The van der Waals surface area contributed by atoms with Gasteiger partial charge in [0, 0.05) is 6.20 Å². The summed E-state index contributed by atoms with van der Waals surface area (Å²) in [6.45, 7) is 6.37. The minimum atomic E-state index is -3.68. The second-order valence-corrected chi connectivity index (χ2v) is 7.75. The Morgan fingerprint density at radius 1 is 1.18 bits per heavy atom. The summed E-state index contributed by atoms with van der Waals surface area (Å²) in [6, 6.07) is 10.1. The second kappa shape index (κ2) is 6.26. The molecule has 1 heterocycles. The molecule has 2 aromatic rings. The van der Waals surface area contributed by atoms with E-state index in [2.05, 4.69) is 30.5 Å². The Bertz CT molecular complexity index is 756. The summed E-state index contributed by atoms with van der Waals surface area (Å²) in [4.78, 5) is 4.05. The first-order valence-corrected chi connectivity index (χ1v) is 8.86. The van der Waals surface area contributed by atoms with Crippen molar-refractivity contribution in [2.45, 2.75) is 37.5 Å². The van der Waals surface area contributed by atoms with Crippen molar-refractivity contribution in [3.63, 3.8) is 0 Å². The van der Waals surface area contributed by atoms with Crippen molar-refractivity contribution in [3.05, 3.63) is 53.3 Å². The molecule has 22 heavy (non-hydrogen) atoms. The topological polar surface area (TPSA) is 59.1 Å². The lowest BCUT2D eigenvalue weighted by atomic mass is 9.82. The van der Waals surface area contributed by atoms with Gasteiger partial charge in [0.25, 0.3) is 10.0 Å². The van der Waals surface area contributed by atoms with Crippen molar-refractivity contribution < 1.29 is 8.42 Å². The third-order valence-electron chi connectivity index (χ3n) is 3.83. The summed E-state index contributed by atoms with van der Waals surface area (Å²) in [6.07, 6.45) is 2.48. The molecule has 6 heteroatoms. The molecule has 4 nitrogen and oxygen atoms in total. The normalized spacial score (nSPS) is 12.2. The quantitative estimate of drug-likeness (QED) is 0.830. The van der Waals surface area contributed by atoms with E-state index in [4.69, 9.17) is 11.6 Å². The van der Waals surface area contributed by atoms with E-state index in [0.717, 1.165) is 12.0 Å². The predicted molar refractivity (Wildman–Crippen MR) is 89.8 cm³/mol. The Morgan fingerprint density at radius 3 is 2.36 bits per heavy atom.